The van der Waals surface area contributed by atoms with Gasteiger partial charge in [0.25, 0.3) is 0 Å². The van der Waals surface area contributed by atoms with Crippen LogP contribution in [0.1, 0.15) is 51.4 Å². The maximum absolute atomic E-state index is 12.2. The maximum Gasteiger partial charge on any atom is 0.137 e. The molecule has 0 bridgehead atoms. The van der Waals surface area contributed by atoms with Crippen molar-refractivity contribution in [1.82, 2.24) is 4.90 Å². The van der Waals surface area contributed by atoms with Crippen molar-refractivity contribution in [3.8, 4) is 0 Å². The van der Waals surface area contributed by atoms with Gasteiger partial charge in [0.15, 0.2) is 0 Å². The molecule has 3 nitrogen and oxygen atoms in total. The highest BCUT2D eigenvalue weighted by Crippen LogP contribution is 2.33. The van der Waals surface area contributed by atoms with Gasteiger partial charge in [0.2, 0.25) is 0 Å². The van der Waals surface area contributed by atoms with Gasteiger partial charge in [-0.3, -0.25) is 9.69 Å². The van der Waals surface area contributed by atoms with E-state index in [1.807, 2.05) is 0 Å². The second kappa shape index (κ2) is 6.36. The number of ether oxygens (including phenoxy) is 1. The average Bonchev–Trinajstić information content (AvgIpc) is 2.88. The molecule has 3 fully saturated rings. The Morgan fingerprint density at radius 3 is 2.68 bits per heavy atom. The van der Waals surface area contributed by atoms with Crippen LogP contribution in [-0.4, -0.2) is 43.0 Å². The lowest BCUT2D eigenvalue weighted by Crippen LogP contribution is -2.43. The van der Waals surface area contributed by atoms with Crippen LogP contribution in [0.25, 0.3) is 0 Å². The van der Waals surface area contributed by atoms with Crippen LogP contribution >= 0.6 is 0 Å². The Hall–Kier alpha value is -0.410. The van der Waals surface area contributed by atoms with Crippen molar-refractivity contribution >= 4 is 5.78 Å². The van der Waals surface area contributed by atoms with Crippen LogP contribution in [0.4, 0.5) is 0 Å². The van der Waals surface area contributed by atoms with Crippen molar-refractivity contribution in [2.24, 2.45) is 11.8 Å². The summed E-state index contributed by atoms with van der Waals surface area (Å²) in [5, 5.41) is 0. The molecule has 2 aliphatic heterocycles. The summed E-state index contributed by atoms with van der Waals surface area (Å²) in [7, 11) is 0. The normalized spacial score (nSPS) is 34.8. The fourth-order valence-corrected chi connectivity index (χ4v) is 4.21. The summed E-state index contributed by atoms with van der Waals surface area (Å²) >= 11 is 0. The zero-order chi connectivity index (χ0) is 13.1. The minimum atomic E-state index is 0.357. The molecule has 3 rings (SSSR count). The number of hydrogen-bond acceptors (Lipinski definition) is 3. The van der Waals surface area contributed by atoms with Crippen molar-refractivity contribution in [3.63, 3.8) is 0 Å². The van der Waals surface area contributed by atoms with Crippen LogP contribution < -0.4 is 0 Å². The Morgan fingerprint density at radius 1 is 1.05 bits per heavy atom. The first-order valence-electron chi connectivity index (χ1n) is 8.19. The van der Waals surface area contributed by atoms with Crippen molar-refractivity contribution in [2.45, 2.75) is 57.4 Å². The second-order valence-electron chi connectivity index (χ2n) is 6.58. The van der Waals surface area contributed by atoms with Crippen LogP contribution in [0.5, 0.6) is 0 Å². The molecule has 0 N–H and O–H groups in total. The molecular formula is C16H27NO2. The highest BCUT2D eigenvalue weighted by molar-refractivity contribution is 5.82. The Balaban J connectivity index is 1.58. The van der Waals surface area contributed by atoms with Crippen molar-refractivity contribution in [3.05, 3.63) is 0 Å². The van der Waals surface area contributed by atoms with Gasteiger partial charge in [-0.15, -0.1) is 0 Å². The average molecular weight is 265 g/mol. The summed E-state index contributed by atoms with van der Waals surface area (Å²) < 4.78 is 5.45. The summed E-state index contributed by atoms with van der Waals surface area (Å²) in [5.41, 5.74) is 0. The first-order chi connectivity index (χ1) is 9.34. The van der Waals surface area contributed by atoms with Crippen LogP contribution in [-0.2, 0) is 9.53 Å². The standard InChI is InChI=1S/C16H27NO2/c18-16-6-2-1-4-14(16)15-5-3-9-17(15)12-13-7-10-19-11-8-13/h13-15H,1-12H2. The van der Waals surface area contributed by atoms with Gasteiger partial charge in [-0.1, -0.05) is 6.42 Å². The van der Waals surface area contributed by atoms with E-state index in [4.69, 9.17) is 4.74 Å². The topological polar surface area (TPSA) is 29.5 Å². The van der Waals surface area contributed by atoms with E-state index in [1.54, 1.807) is 0 Å². The molecule has 3 aliphatic rings. The van der Waals surface area contributed by atoms with E-state index < -0.39 is 0 Å². The van der Waals surface area contributed by atoms with Crippen LogP contribution in [0.3, 0.4) is 0 Å². The van der Waals surface area contributed by atoms with E-state index in [2.05, 4.69) is 4.90 Å². The zero-order valence-corrected chi connectivity index (χ0v) is 12.0. The molecule has 0 aromatic carbocycles. The number of rotatable bonds is 3. The quantitative estimate of drug-likeness (QED) is 0.785. The van der Waals surface area contributed by atoms with Crippen LogP contribution in [0.2, 0.25) is 0 Å². The van der Waals surface area contributed by atoms with Crippen molar-refractivity contribution in [1.29, 1.82) is 0 Å². The van der Waals surface area contributed by atoms with E-state index in [-0.39, 0.29) is 0 Å². The van der Waals surface area contributed by atoms with Crippen LogP contribution in [0.15, 0.2) is 0 Å². The number of carbonyl (C=O) groups excluding carboxylic acids is 1. The predicted octanol–water partition coefficient (Wildman–Crippen LogP) is 2.64. The number of hydrogen-bond donors (Lipinski definition) is 0. The highest BCUT2D eigenvalue weighted by Gasteiger charge is 2.37. The molecule has 0 aromatic heterocycles. The summed E-state index contributed by atoms with van der Waals surface area (Å²) in [6.45, 7) is 4.29. The number of ketones is 1. The molecule has 0 spiro atoms. The Labute approximate surface area is 116 Å². The molecule has 108 valence electrons. The van der Waals surface area contributed by atoms with E-state index in [1.165, 1.54) is 45.2 Å². The van der Waals surface area contributed by atoms with Gasteiger partial charge in [-0.2, -0.15) is 0 Å². The van der Waals surface area contributed by atoms with Gasteiger partial charge >= 0.3 is 0 Å². The number of likely N-dealkylation sites (tertiary alicyclic amines) is 1. The Bertz CT molecular complexity index is 312. The number of Topliss-reactive ketones (excluding diaryl/α,β-unsaturated/α-hetero) is 1. The van der Waals surface area contributed by atoms with E-state index in [9.17, 15) is 4.79 Å². The molecule has 0 radical (unpaired) electrons. The fraction of sp³-hybridized carbons (Fsp3) is 0.938. The highest BCUT2D eigenvalue weighted by atomic mass is 16.5. The monoisotopic (exact) mass is 265 g/mol. The molecule has 0 aromatic rings. The van der Waals surface area contributed by atoms with Crippen molar-refractivity contribution < 1.29 is 9.53 Å². The summed E-state index contributed by atoms with van der Waals surface area (Å²) in [6, 6.07) is 0.565. The van der Waals surface area contributed by atoms with Gasteiger partial charge in [-0.05, 0) is 51.0 Å². The smallest absolute Gasteiger partial charge is 0.137 e. The molecule has 1 saturated carbocycles. The molecule has 2 unspecified atom stereocenters. The lowest BCUT2D eigenvalue weighted by Gasteiger charge is -2.35. The minimum absolute atomic E-state index is 0.357. The molecule has 2 saturated heterocycles. The molecule has 2 atom stereocenters. The summed E-state index contributed by atoms with van der Waals surface area (Å²) in [5.74, 6) is 1.71. The first-order valence-corrected chi connectivity index (χ1v) is 8.19. The molecular weight excluding hydrogens is 238 g/mol. The van der Waals surface area contributed by atoms with E-state index >= 15 is 0 Å². The SMILES string of the molecule is O=C1CCCCC1C1CCCN1CC1CCOCC1. The van der Waals surface area contributed by atoms with Gasteiger partial charge in [0.05, 0.1) is 0 Å². The summed E-state index contributed by atoms with van der Waals surface area (Å²) in [6.07, 6.45) is 9.33. The van der Waals surface area contributed by atoms with Crippen molar-refractivity contribution in [2.75, 3.05) is 26.3 Å². The van der Waals surface area contributed by atoms with Gasteiger partial charge < -0.3 is 4.74 Å². The number of nitrogens with zero attached hydrogens (tertiary/aromatic N) is 1. The summed E-state index contributed by atoms with van der Waals surface area (Å²) in [4.78, 5) is 14.8. The lowest BCUT2D eigenvalue weighted by molar-refractivity contribution is -0.126. The van der Waals surface area contributed by atoms with Gasteiger partial charge in [0, 0.05) is 38.1 Å². The molecule has 0 amide bonds. The second-order valence-corrected chi connectivity index (χ2v) is 6.58. The lowest BCUT2D eigenvalue weighted by atomic mass is 9.81. The number of carbonyl (C=O) groups is 1. The minimum Gasteiger partial charge on any atom is -0.381 e. The zero-order valence-electron chi connectivity index (χ0n) is 12.0. The molecule has 2 heterocycles. The fourth-order valence-electron chi connectivity index (χ4n) is 4.21. The predicted molar refractivity (Wildman–Crippen MR) is 75.1 cm³/mol. The molecule has 19 heavy (non-hydrogen) atoms. The van der Waals surface area contributed by atoms with Gasteiger partial charge in [0.1, 0.15) is 5.78 Å². The molecule has 1 aliphatic carbocycles. The van der Waals surface area contributed by atoms with E-state index in [0.717, 1.165) is 38.4 Å². The Morgan fingerprint density at radius 2 is 1.89 bits per heavy atom. The third-order valence-corrected chi connectivity index (χ3v) is 5.31. The maximum atomic E-state index is 12.2. The van der Waals surface area contributed by atoms with E-state index in [0.29, 0.717) is 17.7 Å². The third-order valence-electron chi connectivity index (χ3n) is 5.31. The van der Waals surface area contributed by atoms with Gasteiger partial charge in [-0.25, -0.2) is 0 Å². The first kappa shape index (κ1) is 13.6. The molecule has 3 heteroatoms. The third kappa shape index (κ3) is 3.19. The largest absolute Gasteiger partial charge is 0.381 e. The van der Waals surface area contributed by atoms with Crippen LogP contribution in [0, 0.1) is 11.8 Å². The Kier molecular flexibility index (Phi) is 4.54.